The Labute approximate surface area is 138 Å². The van der Waals surface area contributed by atoms with Crippen molar-refractivity contribution in [2.24, 2.45) is 0 Å². The van der Waals surface area contributed by atoms with Gasteiger partial charge >= 0.3 is 6.09 Å². The molecule has 2 unspecified atom stereocenters. The van der Waals surface area contributed by atoms with Crippen molar-refractivity contribution >= 4 is 21.5 Å². The predicted molar refractivity (Wildman–Crippen MR) is 90.8 cm³/mol. The molecule has 0 bridgehead atoms. The Hall–Kier alpha value is -1.71. The standard InChI is InChI=1S/C17H22NO4P/c1-13(11-22-23)6-5-9-16(19)18-15(12-21-17(18)20)10-14-7-3-2-4-8-14/h2-4,6-8,15H,5,9-12,23H2,1H3. The van der Waals surface area contributed by atoms with Crippen molar-refractivity contribution in [2.45, 2.75) is 32.2 Å². The van der Waals surface area contributed by atoms with Crippen molar-refractivity contribution in [1.29, 1.82) is 0 Å². The largest absolute Gasteiger partial charge is 0.447 e. The number of carbonyl (C=O) groups is 2. The van der Waals surface area contributed by atoms with Gasteiger partial charge in [0, 0.05) is 15.9 Å². The molecular weight excluding hydrogens is 313 g/mol. The van der Waals surface area contributed by atoms with E-state index in [0.29, 0.717) is 19.4 Å². The summed E-state index contributed by atoms with van der Waals surface area (Å²) in [6.07, 6.45) is 2.91. The number of nitrogens with zero attached hydrogens (tertiary/aromatic N) is 1. The predicted octanol–water partition coefficient (Wildman–Crippen LogP) is 3.11. The molecule has 0 aliphatic carbocycles. The number of imide groups is 1. The number of cyclic esters (lactones) is 1. The van der Waals surface area contributed by atoms with Crippen LogP contribution in [0.1, 0.15) is 25.3 Å². The number of allylic oxidation sites excluding steroid dienone is 1. The molecule has 23 heavy (non-hydrogen) atoms. The first-order chi connectivity index (χ1) is 11.1. The van der Waals surface area contributed by atoms with Crippen molar-refractivity contribution in [3.8, 4) is 0 Å². The highest BCUT2D eigenvalue weighted by Crippen LogP contribution is 2.19. The number of amides is 2. The minimum atomic E-state index is -0.537. The van der Waals surface area contributed by atoms with Crippen molar-refractivity contribution < 1.29 is 18.8 Å². The van der Waals surface area contributed by atoms with Crippen LogP contribution in [0, 0.1) is 0 Å². The number of benzene rings is 1. The van der Waals surface area contributed by atoms with Crippen LogP contribution in [0.2, 0.25) is 0 Å². The fraction of sp³-hybridized carbons (Fsp3) is 0.412. The molecule has 0 spiro atoms. The molecule has 0 N–H and O–H groups in total. The van der Waals surface area contributed by atoms with Crippen molar-refractivity contribution in [2.75, 3.05) is 13.2 Å². The summed E-state index contributed by atoms with van der Waals surface area (Å²) in [6.45, 7) is 2.72. The fourth-order valence-corrected chi connectivity index (χ4v) is 2.82. The molecule has 124 valence electrons. The summed E-state index contributed by atoms with van der Waals surface area (Å²) in [6, 6.07) is 9.58. The van der Waals surface area contributed by atoms with Gasteiger partial charge in [0.15, 0.2) is 0 Å². The smallest absolute Gasteiger partial charge is 0.416 e. The maximum Gasteiger partial charge on any atom is 0.416 e. The van der Waals surface area contributed by atoms with Gasteiger partial charge in [-0.25, -0.2) is 9.69 Å². The van der Waals surface area contributed by atoms with Gasteiger partial charge < -0.3 is 9.26 Å². The summed E-state index contributed by atoms with van der Waals surface area (Å²) in [5.74, 6) is -0.190. The molecule has 2 rings (SSSR count). The van der Waals surface area contributed by atoms with E-state index in [1.54, 1.807) is 0 Å². The van der Waals surface area contributed by atoms with Crippen LogP contribution < -0.4 is 0 Å². The molecule has 1 aliphatic rings. The number of hydrogen-bond acceptors (Lipinski definition) is 4. The molecule has 2 atom stereocenters. The van der Waals surface area contributed by atoms with Gasteiger partial charge in [-0.15, -0.1) is 0 Å². The van der Waals surface area contributed by atoms with Gasteiger partial charge in [0.05, 0.1) is 12.6 Å². The lowest BCUT2D eigenvalue weighted by Gasteiger charge is -2.19. The van der Waals surface area contributed by atoms with Crippen LogP contribution >= 0.6 is 9.47 Å². The van der Waals surface area contributed by atoms with Crippen molar-refractivity contribution in [3.63, 3.8) is 0 Å². The van der Waals surface area contributed by atoms with E-state index in [1.165, 1.54) is 4.90 Å². The Morgan fingerprint density at radius 2 is 2.17 bits per heavy atom. The average molecular weight is 335 g/mol. The minimum Gasteiger partial charge on any atom is -0.447 e. The highest BCUT2D eigenvalue weighted by molar-refractivity contribution is 7.09. The second-order valence-electron chi connectivity index (χ2n) is 5.58. The Bertz CT molecular complexity index is 573. The van der Waals surface area contributed by atoms with E-state index in [4.69, 9.17) is 9.26 Å². The van der Waals surface area contributed by atoms with Gasteiger partial charge in [0.25, 0.3) is 0 Å². The molecule has 5 nitrogen and oxygen atoms in total. The molecule has 6 heteroatoms. The Morgan fingerprint density at radius 1 is 1.43 bits per heavy atom. The topological polar surface area (TPSA) is 55.8 Å². The molecule has 1 fully saturated rings. The van der Waals surface area contributed by atoms with Gasteiger partial charge in [-0.2, -0.15) is 0 Å². The number of ether oxygens (including phenoxy) is 1. The first-order valence-electron chi connectivity index (χ1n) is 7.62. The van der Waals surface area contributed by atoms with E-state index in [9.17, 15) is 9.59 Å². The van der Waals surface area contributed by atoms with Gasteiger partial charge in [-0.3, -0.25) is 4.79 Å². The highest BCUT2D eigenvalue weighted by atomic mass is 31.0. The van der Waals surface area contributed by atoms with E-state index in [0.717, 1.165) is 11.1 Å². The lowest BCUT2D eigenvalue weighted by molar-refractivity contribution is -0.129. The molecule has 1 aromatic carbocycles. The summed E-state index contributed by atoms with van der Waals surface area (Å²) in [5, 5.41) is 0. The van der Waals surface area contributed by atoms with Gasteiger partial charge in [0.2, 0.25) is 5.91 Å². The summed E-state index contributed by atoms with van der Waals surface area (Å²) in [7, 11) is 2.20. The molecule has 0 radical (unpaired) electrons. The zero-order valence-corrected chi connectivity index (χ0v) is 14.4. The van der Waals surface area contributed by atoms with Crippen molar-refractivity contribution in [3.05, 3.63) is 47.5 Å². The molecule has 1 aliphatic heterocycles. The zero-order valence-electron chi connectivity index (χ0n) is 13.2. The van der Waals surface area contributed by atoms with E-state index in [-0.39, 0.29) is 25.0 Å². The third kappa shape index (κ3) is 5.15. The quantitative estimate of drug-likeness (QED) is 0.567. The van der Waals surface area contributed by atoms with E-state index in [1.807, 2.05) is 43.3 Å². The van der Waals surface area contributed by atoms with E-state index in [2.05, 4.69) is 9.47 Å². The molecule has 1 heterocycles. The van der Waals surface area contributed by atoms with E-state index >= 15 is 0 Å². The number of rotatable bonds is 7. The third-order valence-electron chi connectivity index (χ3n) is 3.71. The van der Waals surface area contributed by atoms with Crippen LogP contribution in [0.4, 0.5) is 4.79 Å². The van der Waals surface area contributed by atoms with Crippen LogP contribution in [0.3, 0.4) is 0 Å². The maximum absolute atomic E-state index is 12.4. The number of carbonyl (C=O) groups excluding carboxylic acids is 2. The monoisotopic (exact) mass is 335 g/mol. The Morgan fingerprint density at radius 3 is 2.87 bits per heavy atom. The second-order valence-corrected chi connectivity index (χ2v) is 5.92. The highest BCUT2D eigenvalue weighted by Gasteiger charge is 2.37. The van der Waals surface area contributed by atoms with Gasteiger partial charge in [-0.05, 0) is 25.3 Å². The van der Waals surface area contributed by atoms with Gasteiger partial charge in [-0.1, -0.05) is 42.0 Å². The molecule has 0 saturated carbocycles. The van der Waals surface area contributed by atoms with Crippen LogP contribution in [0.5, 0.6) is 0 Å². The average Bonchev–Trinajstić information content (AvgIpc) is 2.89. The fourth-order valence-electron chi connectivity index (χ4n) is 2.56. The van der Waals surface area contributed by atoms with Crippen LogP contribution in [0.25, 0.3) is 0 Å². The minimum absolute atomic E-state index is 0.190. The SMILES string of the molecule is CC(=CCCC(=O)N1C(=O)OCC1Cc1ccccc1)COP. The van der Waals surface area contributed by atoms with Crippen LogP contribution in [-0.2, 0) is 20.5 Å². The van der Waals surface area contributed by atoms with Crippen molar-refractivity contribution in [1.82, 2.24) is 4.90 Å². The number of hydrogen-bond donors (Lipinski definition) is 0. The maximum atomic E-state index is 12.4. The Balaban J connectivity index is 1.93. The normalized spacial score (nSPS) is 18.2. The second kappa shape index (κ2) is 8.80. The lowest BCUT2D eigenvalue weighted by Crippen LogP contribution is -2.40. The summed E-state index contributed by atoms with van der Waals surface area (Å²) in [4.78, 5) is 25.5. The molecule has 2 amide bonds. The van der Waals surface area contributed by atoms with Crippen LogP contribution in [-0.4, -0.2) is 36.2 Å². The van der Waals surface area contributed by atoms with Crippen LogP contribution in [0.15, 0.2) is 42.0 Å². The summed E-state index contributed by atoms with van der Waals surface area (Å²) in [5.41, 5.74) is 2.14. The van der Waals surface area contributed by atoms with Gasteiger partial charge in [0.1, 0.15) is 6.61 Å². The Kier molecular flexibility index (Phi) is 6.75. The summed E-state index contributed by atoms with van der Waals surface area (Å²) < 4.78 is 10.0. The first-order valence-corrected chi connectivity index (χ1v) is 8.09. The van der Waals surface area contributed by atoms with E-state index < -0.39 is 6.09 Å². The lowest BCUT2D eigenvalue weighted by atomic mass is 10.1. The molecule has 0 aromatic heterocycles. The summed E-state index contributed by atoms with van der Waals surface area (Å²) >= 11 is 0. The third-order valence-corrected chi connectivity index (χ3v) is 3.87. The first kappa shape index (κ1) is 17.6. The molecule has 1 saturated heterocycles. The molecular formula is C17H22NO4P. The molecule has 1 aromatic rings. The zero-order chi connectivity index (χ0) is 16.7.